The van der Waals surface area contributed by atoms with Gasteiger partial charge in [0.2, 0.25) is 0 Å². The van der Waals surface area contributed by atoms with Crippen molar-refractivity contribution in [2.24, 2.45) is 5.73 Å². The van der Waals surface area contributed by atoms with E-state index < -0.39 is 6.10 Å². The molecule has 0 aliphatic heterocycles. The maximum absolute atomic E-state index is 13.0. The van der Waals surface area contributed by atoms with Crippen LogP contribution in [0, 0.1) is 5.82 Å². The molecule has 2 aromatic rings. The summed E-state index contributed by atoms with van der Waals surface area (Å²) in [4.78, 5) is 0. The highest BCUT2D eigenvalue weighted by atomic mass is 79.9. The fraction of sp³-hybridized carbons (Fsp3) is 0.200. The number of hydrogen-bond acceptors (Lipinski definition) is 2. The van der Waals surface area contributed by atoms with Gasteiger partial charge in [0.05, 0.1) is 6.10 Å². The predicted molar refractivity (Wildman–Crippen MR) is 82.3 cm³/mol. The molecule has 3 N–H and O–H groups in total. The minimum atomic E-state index is -0.821. The summed E-state index contributed by atoms with van der Waals surface area (Å²) < 4.78 is 13.7. The van der Waals surface area contributed by atoms with E-state index in [1.807, 2.05) is 0 Å². The van der Waals surface area contributed by atoms with Crippen LogP contribution in [0.1, 0.15) is 23.1 Å². The largest absolute Gasteiger partial charge is 0.388 e. The van der Waals surface area contributed by atoms with Gasteiger partial charge >= 0.3 is 0 Å². The molecule has 5 heteroatoms. The molecule has 0 saturated heterocycles. The quantitative estimate of drug-likeness (QED) is 0.867. The van der Waals surface area contributed by atoms with Crippen LogP contribution in [0.4, 0.5) is 4.39 Å². The number of aliphatic hydroxyl groups is 1. The molecule has 0 saturated carbocycles. The van der Waals surface area contributed by atoms with E-state index in [0.717, 1.165) is 10.0 Å². The number of nitrogens with two attached hydrogens (primary N) is 1. The van der Waals surface area contributed by atoms with Crippen LogP contribution in [0.15, 0.2) is 46.9 Å². The van der Waals surface area contributed by atoms with Crippen molar-refractivity contribution < 1.29 is 9.50 Å². The molecule has 20 heavy (non-hydrogen) atoms. The number of halogens is 3. The highest BCUT2D eigenvalue weighted by Gasteiger charge is 2.23. The summed E-state index contributed by atoms with van der Waals surface area (Å²) >= 11 is 9.36. The van der Waals surface area contributed by atoms with Crippen LogP contribution in [0.2, 0.25) is 5.02 Å². The van der Waals surface area contributed by atoms with Gasteiger partial charge in [0, 0.05) is 22.0 Å². The molecule has 2 atom stereocenters. The van der Waals surface area contributed by atoms with Crippen molar-refractivity contribution >= 4 is 27.5 Å². The lowest BCUT2D eigenvalue weighted by Crippen LogP contribution is -2.20. The van der Waals surface area contributed by atoms with E-state index >= 15 is 0 Å². The van der Waals surface area contributed by atoms with Gasteiger partial charge in [0.1, 0.15) is 5.82 Å². The van der Waals surface area contributed by atoms with Gasteiger partial charge in [-0.2, -0.15) is 0 Å². The molecular weight excluding hydrogens is 345 g/mol. The zero-order valence-electron chi connectivity index (χ0n) is 10.6. The molecule has 0 aliphatic rings. The lowest BCUT2D eigenvalue weighted by atomic mass is 9.89. The summed E-state index contributed by atoms with van der Waals surface area (Å²) in [5, 5.41) is 11.1. The lowest BCUT2D eigenvalue weighted by molar-refractivity contribution is 0.146. The standard InChI is InChI=1S/C15H14BrClFNO/c16-14-6-3-10(17)7-12(14)15(20)13(8-19)9-1-4-11(18)5-2-9/h1-7,13,15,20H,8,19H2. The first kappa shape index (κ1) is 15.4. The van der Waals surface area contributed by atoms with Gasteiger partial charge in [-0.25, -0.2) is 4.39 Å². The van der Waals surface area contributed by atoms with E-state index in [4.69, 9.17) is 17.3 Å². The monoisotopic (exact) mass is 357 g/mol. The van der Waals surface area contributed by atoms with Crippen LogP contribution < -0.4 is 5.73 Å². The van der Waals surface area contributed by atoms with Crippen molar-refractivity contribution in [1.29, 1.82) is 0 Å². The van der Waals surface area contributed by atoms with E-state index in [2.05, 4.69) is 15.9 Å². The average Bonchev–Trinajstić information content (AvgIpc) is 2.44. The number of rotatable bonds is 4. The zero-order valence-corrected chi connectivity index (χ0v) is 12.9. The first-order chi connectivity index (χ1) is 9.52. The SMILES string of the molecule is NCC(c1ccc(F)cc1)C(O)c1cc(Cl)ccc1Br. The smallest absolute Gasteiger partial charge is 0.123 e. The Labute approximate surface area is 130 Å². The second-order valence-corrected chi connectivity index (χ2v) is 5.80. The Hall–Kier alpha value is -0.940. The van der Waals surface area contributed by atoms with Crippen LogP contribution >= 0.6 is 27.5 Å². The third-order valence-electron chi connectivity index (χ3n) is 3.21. The van der Waals surface area contributed by atoms with E-state index in [0.29, 0.717) is 10.6 Å². The molecule has 2 unspecified atom stereocenters. The molecule has 2 nitrogen and oxygen atoms in total. The fourth-order valence-electron chi connectivity index (χ4n) is 2.12. The van der Waals surface area contributed by atoms with Crippen LogP contribution in [0.5, 0.6) is 0 Å². The van der Waals surface area contributed by atoms with Crippen molar-refractivity contribution in [3.8, 4) is 0 Å². The van der Waals surface area contributed by atoms with Gasteiger partial charge in [-0.05, 0) is 41.5 Å². The highest BCUT2D eigenvalue weighted by Crippen LogP contribution is 2.35. The minimum Gasteiger partial charge on any atom is -0.388 e. The Balaban J connectivity index is 2.35. The second kappa shape index (κ2) is 6.68. The van der Waals surface area contributed by atoms with Gasteiger partial charge in [0.25, 0.3) is 0 Å². The van der Waals surface area contributed by atoms with Crippen molar-refractivity contribution in [2.45, 2.75) is 12.0 Å². The molecule has 0 aromatic heterocycles. The molecular formula is C15H14BrClFNO. The first-order valence-corrected chi connectivity index (χ1v) is 7.28. The normalized spacial score (nSPS) is 14.1. The zero-order chi connectivity index (χ0) is 14.7. The highest BCUT2D eigenvalue weighted by molar-refractivity contribution is 9.10. The molecule has 0 radical (unpaired) electrons. The molecule has 0 spiro atoms. The van der Waals surface area contributed by atoms with E-state index in [1.165, 1.54) is 12.1 Å². The summed E-state index contributed by atoms with van der Waals surface area (Å²) in [5.74, 6) is -0.645. The van der Waals surface area contributed by atoms with Crippen molar-refractivity contribution in [3.05, 3.63) is 68.9 Å². The molecule has 2 aromatic carbocycles. The van der Waals surface area contributed by atoms with Crippen molar-refractivity contribution in [3.63, 3.8) is 0 Å². The van der Waals surface area contributed by atoms with Crippen LogP contribution in [-0.4, -0.2) is 11.7 Å². The Morgan fingerprint density at radius 1 is 1.20 bits per heavy atom. The van der Waals surface area contributed by atoms with Crippen LogP contribution in [0.3, 0.4) is 0 Å². The third kappa shape index (κ3) is 3.38. The summed E-state index contributed by atoms with van der Waals surface area (Å²) in [6.45, 7) is 0.242. The van der Waals surface area contributed by atoms with E-state index in [1.54, 1.807) is 30.3 Å². The molecule has 0 heterocycles. The lowest BCUT2D eigenvalue weighted by Gasteiger charge is -2.23. The van der Waals surface area contributed by atoms with Gasteiger partial charge in [-0.15, -0.1) is 0 Å². The van der Waals surface area contributed by atoms with Crippen molar-refractivity contribution in [1.82, 2.24) is 0 Å². The fourth-order valence-corrected chi connectivity index (χ4v) is 2.78. The minimum absolute atomic E-state index is 0.242. The number of benzene rings is 2. The van der Waals surface area contributed by atoms with Crippen LogP contribution in [-0.2, 0) is 0 Å². The first-order valence-electron chi connectivity index (χ1n) is 6.11. The summed E-state index contributed by atoms with van der Waals surface area (Å²) in [6.07, 6.45) is -0.821. The predicted octanol–water partition coefficient (Wildman–Crippen LogP) is 4.02. The van der Waals surface area contributed by atoms with Crippen molar-refractivity contribution in [2.75, 3.05) is 6.54 Å². The third-order valence-corrected chi connectivity index (χ3v) is 4.17. The Kier molecular flexibility index (Phi) is 5.16. The summed E-state index contributed by atoms with van der Waals surface area (Å²) in [6, 6.07) is 11.2. The molecule has 0 aliphatic carbocycles. The average molecular weight is 359 g/mol. The van der Waals surface area contributed by atoms with E-state index in [-0.39, 0.29) is 18.3 Å². The number of hydrogen-bond donors (Lipinski definition) is 2. The van der Waals surface area contributed by atoms with Gasteiger partial charge < -0.3 is 10.8 Å². The molecule has 0 amide bonds. The Morgan fingerprint density at radius 2 is 1.85 bits per heavy atom. The summed E-state index contributed by atoms with van der Waals surface area (Å²) in [5.41, 5.74) is 7.22. The van der Waals surface area contributed by atoms with E-state index in [9.17, 15) is 9.50 Å². The molecule has 0 bridgehead atoms. The van der Waals surface area contributed by atoms with Crippen LogP contribution in [0.25, 0.3) is 0 Å². The second-order valence-electron chi connectivity index (χ2n) is 4.50. The maximum Gasteiger partial charge on any atom is 0.123 e. The van der Waals surface area contributed by atoms with Gasteiger partial charge in [-0.1, -0.05) is 39.7 Å². The molecule has 2 rings (SSSR count). The maximum atomic E-state index is 13.0. The molecule has 106 valence electrons. The Morgan fingerprint density at radius 3 is 2.45 bits per heavy atom. The summed E-state index contributed by atoms with van der Waals surface area (Å²) in [7, 11) is 0. The topological polar surface area (TPSA) is 46.2 Å². The molecule has 0 fully saturated rings. The van der Waals surface area contributed by atoms with Gasteiger partial charge in [-0.3, -0.25) is 0 Å². The number of aliphatic hydroxyl groups excluding tert-OH is 1. The Bertz CT molecular complexity index is 591. The van der Waals surface area contributed by atoms with Gasteiger partial charge in [0.15, 0.2) is 0 Å².